The molecule has 4 aromatic rings. The molecule has 2 heterocycles. The SMILES string of the molecule is NC(=O)c1ccc(CNc2nc3cc(N)ccc3c3sccc23)cc1. The molecule has 0 aliphatic carbocycles. The molecule has 0 aliphatic heterocycles. The molecule has 0 aliphatic rings. The number of primary amides is 1. The molecular weight excluding hydrogens is 332 g/mol. The van der Waals surface area contributed by atoms with Crippen molar-refractivity contribution in [1.82, 2.24) is 4.98 Å². The molecule has 4 rings (SSSR count). The Balaban J connectivity index is 1.68. The van der Waals surface area contributed by atoms with E-state index in [2.05, 4.69) is 16.8 Å². The minimum atomic E-state index is -0.423. The number of rotatable bonds is 4. The summed E-state index contributed by atoms with van der Waals surface area (Å²) in [6.45, 7) is 0.602. The summed E-state index contributed by atoms with van der Waals surface area (Å²) in [5, 5.41) is 7.65. The van der Waals surface area contributed by atoms with E-state index < -0.39 is 5.91 Å². The molecule has 0 saturated heterocycles. The zero-order valence-electron chi connectivity index (χ0n) is 13.3. The summed E-state index contributed by atoms with van der Waals surface area (Å²) in [6, 6.07) is 15.1. The molecule has 0 atom stereocenters. The molecule has 0 saturated carbocycles. The van der Waals surface area contributed by atoms with Crippen LogP contribution in [0.25, 0.3) is 21.0 Å². The number of carbonyl (C=O) groups excluding carboxylic acids is 1. The van der Waals surface area contributed by atoms with E-state index in [9.17, 15) is 4.79 Å². The Morgan fingerprint density at radius 2 is 1.88 bits per heavy atom. The number of benzene rings is 2. The lowest BCUT2D eigenvalue weighted by molar-refractivity contribution is 0.100. The van der Waals surface area contributed by atoms with Crippen LogP contribution >= 0.6 is 11.3 Å². The van der Waals surface area contributed by atoms with Crippen molar-refractivity contribution in [3.05, 3.63) is 65.0 Å². The van der Waals surface area contributed by atoms with Crippen molar-refractivity contribution in [2.24, 2.45) is 5.73 Å². The molecule has 5 nitrogen and oxygen atoms in total. The molecule has 124 valence electrons. The number of anilines is 2. The summed E-state index contributed by atoms with van der Waals surface area (Å²) >= 11 is 1.69. The standard InChI is InChI=1S/C19H16N4OS/c20-13-5-6-14-16(9-13)23-19(15-7-8-25-17(14)15)22-10-11-1-3-12(4-2-11)18(21)24/h1-9H,10,20H2,(H2,21,24)(H,22,23). The summed E-state index contributed by atoms with van der Waals surface area (Å²) in [4.78, 5) is 15.9. The average molecular weight is 348 g/mol. The molecule has 1 amide bonds. The zero-order valence-corrected chi connectivity index (χ0v) is 14.1. The average Bonchev–Trinajstić information content (AvgIpc) is 3.09. The highest BCUT2D eigenvalue weighted by atomic mass is 32.1. The molecule has 2 aromatic carbocycles. The monoisotopic (exact) mass is 348 g/mol. The van der Waals surface area contributed by atoms with Gasteiger partial charge in [-0.2, -0.15) is 0 Å². The lowest BCUT2D eigenvalue weighted by Gasteiger charge is -2.10. The zero-order chi connectivity index (χ0) is 17.4. The van der Waals surface area contributed by atoms with Crippen molar-refractivity contribution >= 4 is 49.7 Å². The number of thiophene rings is 1. The third-order valence-electron chi connectivity index (χ3n) is 4.12. The molecule has 0 fully saturated rings. The normalized spacial score (nSPS) is 11.0. The minimum Gasteiger partial charge on any atom is -0.399 e. The van der Waals surface area contributed by atoms with Crippen LogP contribution in [0.15, 0.2) is 53.9 Å². The first-order valence-corrected chi connectivity index (χ1v) is 8.69. The van der Waals surface area contributed by atoms with Gasteiger partial charge in [0.25, 0.3) is 0 Å². The van der Waals surface area contributed by atoms with Crippen LogP contribution < -0.4 is 16.8 Å². The summed E-state index contributed by atoms with van der Waals surface area (Å²) in [6.07, 6.45) is 0. The number of nitrogens with two attached hydrogens (primary N) is 2. The highest BCUT2D eigenvalue weighted by Gasteiger charge is 2.10. The quantitative estimate of drug-likeness (QED) is 0.490. The van der Waals surface area contributed by atoms with Crippen molar-refractivity contribution in [3.63, 3.8) is 0 Å². The van der Waals surface area contributed by atoms with Crippen molar-refractivity contribution in [1.29, 1.82) is 0 Å². The molecule has 0 unspecified atom stereocenters. The topological polar surface area (TPSA) is 94.0 Å². The number of nitrogens with zero attached hydrogens (tertiary/aromatic N) is 1. The van der Waals surface area contributed by atoms with Crippen LogP contribution in [-0.2, 0) is 6.54 Å². The maximum absolute atomic E-state index is 11.1. The van der Waals surface area contributed by atoms with Gasteiger partial charge in [0.1, 0.15) is 5.82 Å². The van der Waals surface area contributed by atoms with Crippen LogP contribution in [0.4, 0.5) is 11.5 Å². The summed E-state index contributed by atoms with van der Waals surface area (Å²) in [5.41, 5.74) is 14.3. The number of nitrogens with one attached hydrogen (secondary N) is 1. The summed E-state index contributed by atoms with van der Waals surface area (Å²) < 4.78 is 1.19. The van der Waals surface area contributed by atoms with Crippen molar-refractivity contribution < 1.29 is 4.79 Å². The Bertz CT molecular complexity index is 1090. The molecule has 0 radical (unpaired) electrons. The van der Waals surface area contributed by atoms with Crippen molar-refractivity contribution in [2.75, 3.05) is 11.1 Å². The minimum absolute atomic E-state index is 0.423. The van der Waals surface area contributed by atoms with Crippen molar-refractivity contribution in [3.8, 4) is 0 Å². The number of nitrogen functional groups attached to an aromatic ring is 1. The summed E-state index contributed by atoms with van der Waals surface area (Å²) in [7, 11) is 0. The number of fused-ring (bicyclic) bond motifs is 3. The van der Waals surface area contributed by atoms with Gasteiger partial charge >= 0.3 is 0 Å². The second-order valence-corrected chi connectivity index (χ2v) is 6.73. The molecule has 0 bridgehead atoms. The van der Waals surface area contributed by atoms with Crippen LogP contribution in [0.3, 0.4) is 0 Å². The van der Waals surface area contributed by atoms with E-state index in [0.29, 0.717) is 17.8 Å². The van der Waals surface area contributed by atoms with Gasteiger partial charge in [-0.15, -0.1) is 11.3 Å². The van der Waals surface area contributed by atoms with Gasteiger partial charge in [0.15, 0.2) is 0 Å². The van der Waals surface area contributed by atoms with E-state index in [1.807, 2.05) is 30.3 Å². The van der Waals surface area contributed by atoms with E-state index in [4.69, 9.17) is 16.5 Å². The van der Waals surface area contributed by atoms with E-state index >= 15 is 0 Å². The fraction of sp³-hybridized carbons (Fsp3) is 0.0526. The van der Waals surface area contributed by atoms with E-state index in [-0.39, 0.29) is 0 Å². The van der Waals surface area contributed by atoms with E-state index in [1.54, 1.807) is 23.5 Å². The Hall–Kier alpha value is -3.12. The third-order valence-corrected chi connectivity index (χ3v) is 5.07. The Morgan fingerprint density at radius 3 is 2.64 bits per heavy atom. The smallest absolute Gasteiger partial charge is 0.248 e. The number of pyridine rings is 1. The molecule has 25 heavy (non-hydrogen) atoms. The van der Waals surface area contributed by atoms with Gasteiger partial charge in [-0.3, -0.25) is 4.79 Å². The van der Waals surface area contributed by atoms with Gasteiger partial charge in [-0.05, 0) is 47.3 Å². The highest BCUT2D eigenvalue weighted by molar-refractivity contribution is 7.18. The van der Waals surface area contributed by atoms with E-state index in [1.165, 1.54) is 4.70 Å². The van der Waals surface area contributed by atoms with Crippen LogP contribution in [0, 0.1) is 0 Å². The summed E-state index contributed by atoms with van der Waals surface area (Å²) in [5.74, 6) is 0.404. The first-order valence-electron chi connectivity index (χ1n) is 7.81. The highest BCUT2D eigenvalue weighted by Crippen LogP contribution is 2.34. The molecule has 2 aromatic heterocycles. The Labute approximate surface area is 148 Å². The maximum Gasteiger partial charge on any atom is 0.248 e. The predicted octanol–water partition coefficient (Wildman–Crippen LogP) is 3.74. The molecular formula is C19H16N4OS. The third kappa shape index (κ3) is 2.88. The maximum atomic E-state index is 11.1. The van der Waals surface area contributed by atoms with Gasteiger partial charge in [0, 0.05) is 33.3 Å². The van der Waals surface area contributed by atoms with Gasteiger partial charge in [0.2, 0.25) is 5.91 Å². The number of hydrogen-bond donors (Lipinski definition) is 3. The van der Waals surface area contributed by atoms with Gasteiger partial charge in [-0.25, -0.2) is 4.98 Å². The van der Waals surface area contributed by atoms with Crippen LogP contribution in [-0.4, -0.2) is 10.9 Å². The molecule has 5 N–H and O–H groups in total. The first-order chi connectivity index (χ1) is 12.1. The second-order valence-electron chi connectivity index (χ2n) is 5.82. The van der Waals surface area contributed by atoms with Crippen LogP contribution in [0.2, 0.25) is 0 Å². The van der Waals surface area contributed by atoms with Gasteiger partial charge in [0.05, 0.1) is 5.52 Å². The lowest BCUT2D eigenvalue weighted by Crippen LogP contribution is -2.11. The first kappa shape index (κ1) is 15.4. The predicted molar refractivity (Wildman–Crippen MR) is 104 cm³/mol. The number of aromatic nitrogens is 1. The van der Waals surface area contributed by atoms with Crippen LogP contribution in [0.5, 0.6) is 0 Å². The molecule has 0 spiro atoms. The largest absolute Gasteiger partial charge is 0.399 e. The van der Waals surface area contributed by atoms with E-state index in [0.717, 1.165) is 27.7 Å². The Morgan fingerprint density at radius 1 is 1.08 bits per heavy atom. The number of amides is 1. The van der Waals surface area contributed by atoms with Crippen LogP contribution in [0.1, 0.15) is 15.9 Å². The Kier molecular flexibility index (Phi) is 3.74. The number of carbonyl (C=O) groups is 1. The van der Waals surface area contributed by atoms with Gasteiger partial charge in [-0.1, -0.05) is 12.1 Å². The molecule has 6 heteroatoms. The fourth-order valence-electron chi connectivity index (χ4n) is 2.83. The lowest BCUT2D eigenvalue weighted by atomic mass is 10.1. The van der Waals surface area contributed by atoms with Gasteiger partial charge < -0.3 is 16.8 Å². The second kappa shape index (κ2) is 6.07. The van der Waals surface area contributed by atoms with Crippen molar-refractivity contribution in [2.45, 2.75) is 6.54 Å². The fourth-order valence-corrected chi connectivity index (χ4v) is 3.76. The number of hydrogen-bond acceptors (Lipinski definition) is 5.